The smallest absolute Gasteiger partial charge is 0.339 e. The average Bonchev–Trinajstić information content (AvgIpc) is 3.37. The number of rotatable bonds is 5. The van der Waals surface area contributed by atoms with Gasteiger partial charge in [0.2, 0.25) is 5.91 Å². The number of hydrogen-bond acceptors (Lipinski definition) is 6. The van der Waals surface area contributed by atoms with Crippen LogP contribution < -0.4 is 0 Å². The number of halogens is 8. The van der Waals surface area contributed by atoms with Crippen LogP contribution in [0.2, 0.25) is 10.0 Å². The molecule has 38 heavy (non-hydrogen) atoms. The first kappa shape index (κ1) is 29.0. The molecule has 1 unspecified atom stereocenters. The molecule has 1 aromatic heterocycles. The molecule has 2 heterocycles. The number of imidazole rings is 1. The molecule has 8 nitrogen and oxygen atoms in total. The van der Waals surface area contributed by atoms with Gasteiger partial charge in [0.05, 0.1) is 16.3 Å². The molecule has 2 atom stereocenters. The topological polar surface area (TPSA) is 106 Å². The third-order valence-electron chi connectivity index (χ3n) is 6.58. The highest BCUT2D eigenvalue weighted by atomic mass is 35.5. The fraction of sp³-hybridized carbons (Fsp3) is 0.500. The normalized spacial score (nSPS) is 21.2. The van der Waals surface area contributed by atoms with E-state index in [2.05, 4.69) is 4.98 Å². The molecule has 0 radical (unpaired) electrons. The van der Waals surface area contributed by atoms with Gasteiger partial charge in [0.15, 0.2) is 0 Å². The van der Waals surface area contributed by atoms with E-state index in [0.29, 0.717) is 24.9 Å². The number of amides is 1. The molecule has 1 saturated heterocycles. The molecule has 18 heteroatoms. The minimum atomic E-state index is -5.69. The zero-order valence-corrected chi connectivity index (χ0v) is 22.0. The van der Waals surface area contributed by atoms with Crippen molar-refractivity contribution in [1.82, 2.24) is 13.9 Å². The zero-order chi connectivity index (χ0) is 28.4. The first-order valence-corrected chi connectivity index (χ1v) is 14.5. The second-order valence-electron chi connectivity index (χ2n) is 8.82. The predicted molar refractivity (Wildman–Crippen MR) is 122 cm³/mol. The van der Waals surface area contributed by atoms with Gasteiger partial charge in [0, 0.05) is 35.0 Å². The number of alkyl halides is 6. The summed E-state index contributed by atoms with van der Waals surface area (Å²) in [7, 11) is -11.3. The Kier molecular flexibility index (Phi) is 7.28. The Hall–Kier alpha value is -2.04. The maximum Gasteiger partial charge on any atom is 0.517 e. The molecule has 1 aliphatic carbocycles. The first-order chi connectivity index (χ1) is 17.4. The van der Waals surface area contributed by atoms with Gasteiger partial charge in [-0.3, -0.25) is 4.79 Å². The number of benzene rings is 1. The highest BCUT2D eigenvalue weighted by molar-refractivity contribution is 7.92. The summed E-state index contributed by atoms with van der Waals surface area (Å²) in [5, 5.41) is -0.712. The summed E-state index contributed by atoms with van der Waals surface area (Å²) in [6, 6.07) is 0.773. The summed E-state index contributed by atoms with van der Waals surface area (Å²) in [5.74, 6) is -1.06. The van der Waals surface area contributed by atoms with E-state index in [1.807, 2.05) is 0 Å². The molecule has 0 bridgehead atoms. The van der Waals surface area contributed by atoms with E-state index in [9.17, 15) is 48.0 Å². The lowest BCUT2D eigenvalue weighted by Gasteiger charge is -2.31. The molecule has 1 aromatic carbocycles. The zero-order valence-electron chi connectivity index (χ0n) is 18.9. The van der Waals surface area contributed by atoms with Crippen LogP contribution in [0.15, 0.2) is 23.4 Å². The SMILES string of the molecule is O=C1C(Cc2c(Cl)cc(S(=O)(=O)C(F)(F)F)cc2Cl)CCN1[C@@H]1CCc2c(ncn2S(=O)(=O)C(F)(F)F)C1. The maximum atomic E-state index is 13.1. The maximum absolute atomic E-state index is 13.1. The third kappa shape index (κ3) is 4.88. The van der Waals surface area contributed by atoms with Gasteiger partial charge in [-0.25, -0.2) is 17.4 Å². The van der Waals surface area contributed by atoms with E-state index in [4.69, 9.17) is 23.2 Å². The van der Waals surface area contributed by atoms with E-state index >= 15 is 0 Å². The summed E-state index contributed by atoms with van der Waals surface area (Å²) < 4.78 is 125. The third-order valence-corrected chi connectivity index (χ3v) is 10.1. The quantitative estimate of drug-likeness (QED) is 0.462. The van der Waals surface area contributed by atoms with Crippen molar-refractivity contribution in [2.24, 2.45) is 5.92 Å². The van der Waals surface area contributed by atoms with Crippen molar-refractivity contribution in [2.75, 3.05) is 6.54 Å². The molecule has 0 N–H and O–H groups in total. The Bertz CT molecular complexity index is 1480. The Balaban J connectivity index is 1.50. The van der Waals surface area contributed by atoms with Crippen molar-refractivity contribution in [3.05, 3.63) is 45.5 Å². The molecule has 2 aromatic rings. The summed E-state index contributed by atoms with van der Waals surface area (Å²) >= 11 is 12.1. The minimum absolute atomic E-state index is 0.0275. The van der Waals surface area contributed by atoms with Crippen LogP contribution in [-0.2, 0) is 43.9 Å². The standard InChI is InChI=1S/C20H17Cl2F6N3O5S2/c21-14-7-12(37(33,34)19(23,24)25)8-15(22)13(14)5-10-3-4-30(18(10)32)11-1-2-17-16(6-11)29-9-31(17)38(35,36)20(26,27)28/h7-11H,1-6H2/t10?,11-/m1/s1. The number of fused-ring (bicyclic) bond motifs is 1. The van der Waals surface area contributed by atoms with E-state index in [-0.39, 0.29) is 69.1 Å². The monoisotopic (exact) mass is 627 g/mol. The van der Waals surface area contributed by atoms with Crippen LogP contribution in [0.3, 0.4) is 0 Å². The van der Waals surface area contributed by atoms with Gasteiger partial charge >= 0.3 is 21.0 Å². The number of hydrogen-bond donors (Lipinski definition) is 0. The first-order valence-electron chi connectivity index (χ1n) is 10.8. The fourth-order valence-corrected chi connectivity index (χ4v) is 7.12. The molecular formula is C20H17Cl2F6N3O5S2. The molecule has 0 saturated carbocycles. The predicted octanol–water partition coefficient (Wildman–Crippen LogP) is 4.13. The van der Waals surface area contributed by atoms with Crippen LogP contribution in [0.1, 0.15) is 29.8 Å². The number of likely N-dealkylation sites (tertiary alicyclic amines) is 1. The van der Waals surface area contributed by atoms with Crippen LogP contribution in [0.25, 0.3) is 0 Å². The van der Waals surface area contributed by atoms with Crippen molar-refractivity contribution >= 4 is 49.0 Å². The Labute approximate surface area is 222 Å². The van der Waals surface area contributed by atoms with Gasteiger partial charge < -0.3 is 4.90 Å². The van der Waals surface area contributed by atoms with Gasteiger partial charge in [0.25, 0.3) is 9.84 Å². The summed E-state index contributed by atoms with van der Waals surface area (Å²) in [6.07, 6.45) is 0.938. The van der Waals surface area contributed by atoms with E-state index in [1.54, 1.807) is 0 Å². The number of carbonyl (C=O) groups excluding carboxylic acids is 1. The van der Waals surface area contributed by atoms with Gasteiger partial charge in [-0.15, -0.1) is 0 Å². The van der Waals surface area contributed by atoms with Gasteiger partial charge in [-0.1, -0.05) is 23.2 Å². The molecule has 210 valence electrons. The number of sulfone groups is 1. The van der Waals surface area contributed by atoms with E-state index in [1.165, 1.54) is 4.90 Å². The van der Waals surface area contributed by atoms with Crippen molar-refractivity contribution in [3.8, 4) is 0 Å². The second-order valence-corrected chi connectivity index (χ2v) is 13.4. The largest absolute Gasteiger partial charge is 0.517 e. The number of nitrogens with zero attached hydrogens (tertiary/aromatic N) is 3. The molecule has 0 spiro atoms. The van der Waals surface area contributed by atoms with Crippen LogP contribution in [-0.4, -0.2) is 60.2 Å². The summed E-state index contributed by atoms with van der Waals surface area (Å²) in [4.78, 5) is 17.3. The van der Waals surface area contributed by atoms with Gasteiger partial charge in [-0.2, -0.15) is 34.8 Å². The van der Waals surface area contributed by atoms with Crippen LogP contribution >= 0.6 is 23.2 Å². The second kappa shape index (κ2) is 9.55. The molecule has 1 amide bonds. The van der Waals surface area contributed by atoms with E-state index < -0.39 is 47.7 Å². The van der Waals surface area contributed by atoms with Gasteiger partial charge in [0.1, 0.15) is 6.33 Å². The minimum Gasteiger partial charge on any atom is -0.339 e. The lowest BCUT2D eigenvalue weighted by Crippen LogP contribution is -2.42. The molecule has 2 aliphatic rings. The fourth-order valence-electron chi connectivity index (χ4n) is 4.66. The molecule has 4 rings (SSSR count). The summed E-state index contributed by atoms with van der Waals surface area (Å²) in [5.41, 5.74) is -11.0. The van der Waals surface area contributed by atoms with Crippen LogP contribution in [0.4, 0.5) is 26.3 Å². The van der Waals surface area contributed by atoms with Crippen molar-refractivity contribution < 1.29 is 48.0 Å². The van der Waals surface area contributed by atoms with Crippen LogP contribution in [0, 0.1) is 5.92 Å². The number of aromatic nitrogens is 2. The highest BCUT2D eigenvalue weighted by Gasteiger charge is 2.50. The highest BCUT2D eigenvalue weighted by Crippen LogP contribution is 2.38. The Morgan fingerprint density at radius 2 is 1.58 bits per heavy atom. The summed E-state index contributed by atoms with van der Waals surface area (Å²) in [6.45, 7) is 0.251. The van der Waals surface area contributed by atoms with Crippen LogP contribution in [0.5, 0.6) is 0 Å². The van der Waals surface area contributed by atoms with Crippen molar-refractivity contribution in [2.45, 2.75) is 54.1 Å². The molecule has 1 fully saturated rings. The Morgan fingerprint density at radius 1 is 0.974 bits per heavy atom. The van der Waals surface area contributed by atoms with Gasteiger partial charge in [-0.05, 0) is 43.4 Å². The lowest BCUT2D eigenvalue weighted by atomic mass is 9.94. The van der Waals surface area contributed by atoms with Crippen molar-refractivity contribution in [1.29, 1.82) is 0 Å². The van der Waals surface area contributed by atoms with E-state index in [0.717, 1.165) is 0 Å². The average molecular weight is 628 g/mol. The number of carbonyl (C=O) groups is 1. The molecular weight excluding hydrogens is 611 g/mol. The molecule has 1 aliphatic heterocycles. The Morgan fingerprint density at radius 3 is 2.13 bits per heavy atom. The van der Waals surface area contributed by atoms with Crippen molar-refractivity contribution in [3.63, 3.8) is 0 Å². The lowest BCUT2D eigenvalue weighted by molar-refractivity contribution is -0.133.